The molecular weight excluding hydrogens is 466 g/mol. The highest BCUT2D eigenvalue weighted by Crippen LogP contribution is 2.23. The smallest absolute Gasteiger partial charge is 0.254 e. The molecule has 8 nitrogen and oxygen atoms in total. The van der Waals surface area contributed by atoms with E-state index in [-0.39, 0.29) is 18.4 Å². The molecule has 2 heterocycles. The molecule has 1 aliphatic rings. The maximum absolute atomic E-state index is 13.2. The van der Waals surface area contributed by atoms with E-state index < -0.39 is 0 Å². The number of nitrogens with zero attached hydrogens (tertiary/aromatic N) is 5. The summed E-state index contributed by atoms with van der Waals surface area (Å²) in [7, 11) is 1.64. The number of benzene rings is 2. The van der Waals surface area contributed by atoms with Crippen LogP contribution >= 0.6 is 0 Å². The molecule has 0 unspecified atom stereocenters. The Balaban J connectivity index is 1.35. The van der Waals surface area contributed by atoms with Crippen molar-refractivity contribution in [2.24, 2.45) is 5.92 Å². The molecule has 2 amide bonds. The number of anilines is 1. The first-order chi connectivity index (χ1) is 18.0. The van der Waals surface area contributed by atoms with E-state index in [4.69, 9.17) is 4.74 Å². The minimum Gasteiger partial charge on any atom is -0.497 e. The number of aromatic nitrogens is 2. The number of piperazine rings is 1. The lowest BCUT2D eigenvalue weighted by atomic mass is 10.1. The van der Waals surface area contributed by atoms with Gasteiger partial charge in [-0.15, -0.1) is 10.2 Å². The number of carbonyl (C=O) groups is 2. The zero-order chi connectivity index (χ0) is 26.2. The molecule has 0 N–H and O–H groups in total. The second kappa shape index (κ2) is 12.3. The third-order valence-electron chi connectivity index (χ3n) is 6.84. The van der Waals surface area contributed by atoms with Crippen LogP contribution < -0.4 is 9.64 Å². The number of hydrogen-bond donors (Lipinski definition) is 0. The van der Waals surface area contributed by atoms with E-state index in [0.29, 0.717) is 44.2 Å². The van der Waals surface area contributed by atoms with Gasteiger partial charge in [0, 0.05) is 43.9 Å². The molecule has 0 spiro atoms. The number of hydrogen-bond acceptors (Lipinski definition) is 6. The molecule has 4 rings (SSSR count). The number of methoxy groups -OCH3 is 1. The lowest BCUT2D eigenvalue weighted by molar-refractivity contribution is -0.132. The number of amides is 2. The Morgan fingerprint density at radius 3 is 2.38 bits per heavy atom. The molecule has 0 aliphatic carbocycles. The lowest BCUT2D eigenvalue weighted by Crippen LogP contribution is -2.52. The first-order valence-corrected chi connectivity index (χ1v) is 12.8. The van der Waals surface area contributed by atoms with E-state index in [2.05, 4.69) is 28.9 Å². The quantitative estimate of drug-likeness (QED) is 0.441. The van der Waals surface area contributed by atoms with Gasteiger partial charge in [0.2, 0.25) is 5.91 Å². The first kappa shape index (κ1) is 26.1. The van der Waals surface area contributed by atoms with Crippen molar-refractivity contribution in [3.05, 3.63) is 72.3 Å². The summed E-state index contributed by atoms with van der Waals surface area (Å²) in [6.45, 7) is 7.34. The van der Waals surface area contributed by atoms with Crippen LogP contribution in [0.25, 0.3) is 11.3 Å². The topological polar surface area (TPSA) is 78.9 Å². The number of ether oxygens (including phenoxy) is 1. The highest BCUT2D eigenvalue weighted by molar-refractivity contribution is 5.96. The predicted molar refractivity (Wildman–Crippen MR) is 145 cm³/mol. The molecule has 0 bridgehead atoms. The summed E-state index contributed by atoms with van der Waals surface area (Å²) >= 11 is 0. The second-order valence-corrected chi connectivity index (χ2v) is 9.44. The minimum atomic E-state index is -0.0979. The fourth-order valence-electron chi connectivity index (χ4n) is 4.37. The van der Waals surface area contributed by atoms with Crippen LogP contribution in [0.5, 0.6) is 5.75 Å². The maximum Gasteiger partial charge on any atom is 0.254 e. The van der Waals surface area contributed by atoms with Crippen LogP contribution in [0.4, 0.5) is 5.82 Å². The summed E-state index contributed by atoms with van der Waals surface area (Å²) in [6, 6.07) is 20.8. The van der Waals surface area contributed by atoms with Crippen molar-refractivity contribution >= 4 is 17.6 Å². The van der Waals surface area contributed by atoms with Crippen molar-refractivity contribution in [2.45, 2.75) is 20.3 Å². The van der Waals surface area contributed by atoms with Gasteiger partial charge in [-0.1, -0.05) is 50.6 Å². The lowest BCUT2D eigenvalue weighted by Gasteiger charge is -2.36. The third-order valence-corrected chi connectivity index (χ3v) is 6.84. The third kappa shape index (κ3) is 6.64. The molecule has 8 heteroatoms. The Morgan fingerprint density at radius 1 is 0.973 bits per heavy atom. The molecular formula is C29H35N5O3. The Morgan fingerprint density at radius 2 is 1.73 bits per heavy atom. The van der Waals surface area contributed by atoms with Crippen LogP contribution in [0, 0.1) is 5.92 Å². The van der Waals surface area contributed by atoms with Gasteiger partial charge in [0.25, 0.3) is 5.91 Å². The predicted octanol–water partition coefficient (Wildman–Crippen LogP) is 3.99. The molecule has 1 saturated heterocycles. The average Bonchev–Trinajstić information content (AvgIpc) is 2.97. The monoisotopic (exact) mass is 501 g/mol. The second-order valence-electron chi connectivity index (χ2n) is 9.44. The molecule has 3 aromatic rings. The molecule has 2 aromatic carbocycles. The SMILES string of the molecule is CC[C@H](C)CN(CC(=O)N1CCN(c2ccc(-c3cccc(OC)c3)nn2)CC1)C(=O)c1ccccc1. The van der Waals surface area contributed by atoms with Gasteiger partial charge < -0.3 is 19.4 Å². The fourth-order valence-corrected chi connectivity index (χ4v) is 4.37. The van der Waals surface area contributed by atoms with Crippen LogP contribution in [-0.2, 0) is 4.79 Å². The van der Waals surface area contributed by atoms with Gasteiger partial charge in [-0.3, -0.25) is 9.59 Å². The Bertz CT molecular complexity index is 1180. The van der Waals surface area contributed by atoms with Gasteiger partial charge >= 0.3 is 0 Å². The normalized spacial score (nSPS) is 14.2. The van der Waals surface area contributed by atoms with E-state index in [1.54, 1.807) is 24.1 Å². The van der Waals surface area contributed by atoms with Crippen LogP contribution in [0.2, 0.25) is 0 Å². The highest BCUT2D eigenvalue weighted by atomic mass is 16.5. The van der Waals surface area contributed by atoms with Crippen LogP contribution in [0.3, 0.4) is 0 Å². The van der Waals surface area contributed by atoms with Crippen molar-refractivity contribution in [3.63, 3.8) is 0 Å². The zero-order valence-corrected chi connectivity index (χ0v) is 21.8. The van der Waals surface area contributed by atoms with Crippen molar-refractivity contribution in [1.82, 2.24) is 20.0 Å². The van der Waals surface area contributed by atoms with Gasteiger partial charge in [-0.2, -0.15) is 0 Å². The molecule has 37 heavy (non-hydrogen) atoms. The first-order valence-electron chi connectivity index (χ1n) is 12.8. The van der Waals surface area contributed by atoms with E-state index in [9.17, 15) is 9.59 Å². The fraction of sp³-hybridized carbons (Fsp3) is 0.379. The van der Waals surface area contributed by atoms with Crippen LogP contribution in [0.15, 0.2) is 66.7 Å². The largest absolute Gasteiger partial charge is 0.497 e. The summed E-state index contributed by atoms with van der Waals surface area (Å²) < 4.78 is 5.30. The van der Waals surface area contributed by atoms with Crippen molar-refractivity contribution in [2.75, 3.05) is 51.3 Å². The van der Waals surface area contributed by atoms with E-state index >= 15 is 0 Å². The van der Waals surface area contributed by atoms with Gasteiger partial charge in [-0.25, -0.2) is 0 Å². The molecule has 1 fully saturated rings. The number of rotatable bonds is 9. The Kier molecular flexibility index (Phi) is 8.72. The molecule has 0 radical (unpaired) electrons. The average molecular weight is 502 g/mol. The maximum atomic E-state index is 13.2. The van der Waals surface area contributed by atoms with Crippen molar-refractivity contribution in [3.8, 4) is 17.0 Å². The summed E-state index contributed by atoms with van der Waals surface area (Å²) in [5.41, 5.74) is 2.33. The van der Waals surface area contributed by atoms with Crippen molar-refractivity contribution < 1.29 is 14.3 Å². The Hall–Kier alpha value is -3.94. The molecule has 1 aliphatic heterocycles. The van der Waals surface area contributed by atoms with Crippen LogP contribution in [-0.4, -0.2) is 78.2 Å². The van der Waals surface area contributed by atoms with E-state index in [1.165, 1.54) is 0 Å². The summed E-state index contributed by atoms with van der Waals surface area (Å²) in [5, 5.41) is 8.84. The molecule has 194 valence electrons. The van der Waals surface area contributed by atoms with E-state index in [1.807, 2.05) is 59.5 Å². The number of carbonyl (C=O) groups excluding carboxylic acids is 2. The standard InChI is InChI=1S/C29H35N5O3/c1-4-22(2)20-34(29(36)23-9-6-5-7-10-23)21-28(35)33-17-15-32(16-18-33)27-14-13-26(30-31-27)24-11-8-12-25(19-24)37-3/h5-14,19,22H,4,15-18,20-21H2,1-3H3/t22-/m0/s1. The van der Waals surface area contributed by atoms with Gasteiger partial charge in [0.15, 0.2) is 5.82 Å². The van der Waals surface area contributed by atoms with Crippen molar-refractivity contribution in [1.29, 1.82) is 0 Å². The van der Waals surface area contributed by atoms with Crippen LogP contribution in [0.1, 0.15) is 30.6 Å². The van der Waals surface area contributed by atoms with E-state index in [0.717, 1.165) is 29.2 Å². The molecule has 1 atom stereocenters. The highest BCUT2D eigenvalue weighted by Gasteiger charge is 2.26. The summed E-state index contributed by atoms with van der Waals surface area (Å²) in [5.74, 6) is 1.76. The minimum absolute atomic E-state index is 0.0216. The summed E-state index contributed by atoms with van der Waals surface area (Å²) in [6.07, 6.45) is 0.947. The van der Waals surface area contributed by atoms with Gasteiger partial charge in [0.05, 0.1) is 12.8 Å². The van der Waals surface area contributed by atoms with Gasteiger partial charge in [0.1, 0.15) is 12.3 Å². The Labute approximate surface area is 218 Å². The molecule has 0 saturated carbocycles. The van der Waals surface area contributed by atoms with Gasteiger partial charge in [-0.05, 0) is 42.3 Å². The molecule has 1 aromatic heterocycles. The summed E-state index contributed by atoms with van der Waals surface area (Å²) in [4.78, 5) is 32.0. The zero-order valence-electron chi connectivity index (χ0n) is 21.8.